The van der Waals surface area contributed by atoms with Crippen LogP contribution < -0.4 is 34.3 Å². The van der Waals surface area contributed by atoms with Gasteiger partial charge in [0.25, 0.3) is 0 Å². The number of nitrogens with zero attached hydrogens (tertiary/aromatic N) is 2. The summed E-state index contributed by atoms with van der Waals surface area (Å²) >= 11 is 0. The second-order valence-corrected chi connectivity index (χ2v) is 18.2. The minimum Gasteiger partial charge on any atom is -0.504 e. The Morgan fingerprint density at radius 1 is 0.714 bits per heavy atom. The van der Waals surface area contributed by atoms with E-state index in [9.17, 15) is 64.8 Å². The molecule has 1 amide bonds. The van der Waals surface area contributed by atoms with Gasteiger partial charge >= 0.3 is 53.4 Å². The number of carboxylic acids is 2. The maximum absolute atomic E-state index is 13.9. The van der Waals surface area contributed by atoms with Crippen molar-refractivity contribution >= 4 is 35.9 Å². The molecule has 5 heterocycles. The molecule has 4 unspecified atom stereocenters. The number of phenols is 6. The molecule has 18 nitrogen and oxygen atoms in total. The number of ether oxygens (including phenoxy) is 3. The first-order chi connectivity index (χ1) is 33.1. The molecular weight excluding hydrogens is 920 g/mol. The number of phenolic OH excluding ortho intramolecular Hbond substituents is 6. The van der Waals surface area contributed by atoms with Crippen molar-refractivity contribution in [2.75, 3.05) is 19.6 Å². The number of hydrogen-bond acceptors (Lipinski definition) is 15. The molecule has 8 atom stereocenters. The quantitative estimate of drug-likeness (QED) is 0.0438. The van der Waals surface area contributed by atoms with Crippen LogP contribution in [0.5, 0.6) is 40.2 Å². The third-order valence-corrected chi connectivity index (χ3v) is 13.8. The summed E-state index contributed by atoms with van der Waals surface area (Å²) in [5, 5.41) is 78.3. The van der Waals surface area contributed by atoms with Crippen LogP contribution in [-0.4, -0.2) is 124 Å². The molecule has 0 bridgehead atoms. The first-order valence-electron chi connectivity index (χ1n) is 23.0. The van der Waals surface area contributed by atoms with Gasteiger partial charge in [0, 0.05) is 49.5 Å². The molecule has 4 saturated heterocycles. The molecule has 0 spiro atoms. The van der Waals surface area contributed by atoms with Crippen molar-refractivity contribution in [2.24, 2.45) is 11.8 Å². The maximum atomic E-state index is 13.9. The molecule has 8 N–H and O–H groups in total. The molecule has 4 aromatic carbocycles. The standard InChI is InChI=1S/C36H30O15.C15H24N2O.Na/c37-21-8-4-17(12-24(21)40)14-28(34(44)45)49-30(43)11-7-19-2-1-3-27-31(19)32(33(50-27)20-6-10-23(39)26(42)16-20)36(48)51-29(35(46)47)15-18-5-9-22(38)25(41)13-18;18-14-7-1-6-13-12-5-3-9-16-8-2-4-11(15(12)16)10-17(13)14;/h1-13,16,28-29,32-33,37-42H,14-15H2,(H,44,45)(H,46,47);11-13,15H,1-10H2;/q;;+1/b11-7+;;/t28-,29-,32+,33-;;/m1../s1. The average molecular weight is 974 g/mol. The first-order valence-corrected chi connectivity index (χ1v) is 23.0. The zero-order valence-corrected chi connectivity index (χ0v) is 40.4. The number of carboxylic acid groups (broad SMARTS) is 2. The van der Waals surface area contributed by atoms with Gasteiger partial charge in [0.1, 0.15) is 17.8 Å². The largest absolute Gasteiger partial charge is 1.00 e. The molecule has 5 aliphatic heterocycles. The normalized spacial score (nSPS) is 23.1. The predicted octanol–water partition coefficient (Wildman–Crippen LogP) is 2.50. The van der Waals surface area contributed by atoms with E-state index in [4.69, 9.17) is 14.2 Å². The van der Waals surface area contributed by atoms with Gasteiger partial charge in [0.05, 0.1) is 0 Å². The van der Waals surface area contributed by atoms with E-state index < -0.39 is 89.0 Å². The number of fused-ring (bicyclic) bond motifs is 3. The molecule has 70 heavy (non-hydrogen) atoms. The Labute approximate surface area is 424 Å². The number of carbonyl (C=O) groups excluding carboxylic acids is 3. The van der Waals surface area contributed by atoms with E-state index in [1.165, 1.54) is 87.7 Å². The molecule has 364 valence electrons. The van der Waals surface area contributed by atoms with Crippen LogP contribution in [0.15, 0.2) is 78.9 Å². The van der Waals surface area contributed by atoms with Crippen molar-refractivity contribution in [3.05, 3.63) is 107 Å². The Morgan fingerprint density at radius 2 is 1.31 bits per heavy atom. The fourth-order valence-corrected chi connectivity index (χ4v) is 10.7. The molecule has 4 aromatic rings. The number of piperidine rings is 4. The summed E-state index contributed by atoms with van der Waals surface area (Å²) in [6, 6.07) is 16.8. The second kappa shape index (κ2) is 22.1. The molecular formula is C51H54N2NaO16+. The fourth-order valence-electron chi connectivity index (χ4n) is 10.7. The Morgan fingerprint density at radius 3 is 1.93 bits per heavy atom. The number of aliphatic carboxylic acids is 2. The van der Waals surface area contributed by atoms with Gasteiger partial charge in [-0.1, -0.05) is 30.3 Å². The van der Waals surface area contributed by atoms with Crippen LogP contribution in [0, 0.1) is 11.8 Å². The van der Waals surface area contributed by atoms with E-state index in [2.05, 4.69) is 9.80 Å². The summed E-state index contributed by atoms with van der Waals surface area (Å²) in [6.45, 7) is 3.71. The van der Waals surface area contributed by atoms with Gasteiger partial charge in [-0.15, -0.1) is 0 Å². The number of esters is 2. The molecule has 0 radical (unpaired) electrons. The fraction of sp³-hybridized carbons (Fsp3) is 0.392. The number of carbonyl (C=O) groups is 5. The van der Waals surface area contributed by atoms with Crippen LogP contribution >= 0.6 is 0 Å². The minimum atomic E-state index is -1.78. The Hall–Kier alpha value is -6.47. The first kappa shape index (κ1) is 51.4. The summed E-state index contributed by atoms with van der Waals surface area (Å²) in [4.78, 5) is 68.0. The monoisotopic (exact) mass is 973 g/mol. The Balaban J connectivity index is 0.000000313. The van der Waals surface area contributed by atoms with Gasteiger partial charge in [-0.3, -0.25) is 14.5 Å². The van der Waals surface area contributed by atoms with E-state index in [0.717, 1.165) is 79.7 Å². The van der Waals surface area contributed by atoms with Gasteiger partial charge in [-0.2, -0.15) is 0 Å². The van der Waals surface area contributed by atoms with Crippen LogP contribution in [0.3, 0.4) is 0 Å². The zero-order chi connectivity index (χ0) is 49.1. The SMILES string of the molecule is O=C(/C=C/c1cccc2c1[C@H](C(=O)O[C@H](Cc1ccc(O)c(O)c1)C(=O)O)[C@@H](c1ccc(O)c(O)c1)O2)O[C@H](Cc1ccc(O)c(O)c1)C(=O)O.O=C1CCCC2C3CCCN4CCCC(CN12)C34.[Na+]. The minimum absolute atomic E-state index is 0. The number of aromatic hydroxyl groups is 6. The Bertz CT molecular complexity index is 2660. The van der Waals surface area contributed by atoms with Gasteiger partial charge in [-0.05, 0) is 134 Å². The smallest absolute Gasteiger partial charge is 0.504 e. The maximum Gasteiger partial charge on any atom is 1.00 e. The van der Waals surface area contributed by atoms with Crippen LogP contribution in [0.4, 0.5) is 0 Å². The van der Waals surface area contributed by atoms with Crippen molar-refractivity contribution in [1.29, 1.82) is 0 Å². The van der Waals surface area contributed by atoms with Gasteiger partial charge in [-0.25, -0.2) is 14.4 Å². The molecule has 19 heteroatoms. The summed E-state index contributed by atoms with van der Waals surface area (Å²) in [5.74, 6) is -7.33. The van der Waals surface area contributed by atoms with E-state index in [-0.39, 0.29) is 69.5 Å². The van der Waals surface area contributed by atoms with Crippen LogP contribution in [0.25, 0.3) is 6.08 Å². The van der Waals surface area contributed by atoms with E-state index in [1.54, 1.807) is 0 Å². The average Bonchev–Trinajstić information content (AvgIpc) is 3.72. The summed E-state index contributed by atoms with van der Waals surface area (Å²) < 4.78 is 16.7. The van der Waals surface area contributed by atoms with E-state index >= 15 is 0 Å². The third kappa shape index (κ3) is 11.3. The van der Waals surface area contributed by atoms with Crippen molar-refractivity contribution in [2.45, 2.75) is 94.1 Å². The van der Waals surface area contributed by atoms with E-state index in [0.29, 0.717) is 11.9 Å². The number of benzene rings is 4. The van der Waals surface area contributed by atoms with Crippen molar-refractivity contribution < 1.29 is 109 Å². The number of hydrogen-bond donors (Lipinski definition) is 8. The summed E-state index contributed by atoms with van der Waals surface area (Å²) in [7, 11) is 0. The van der Waals surface area contributed by atoms with Gasteiger partial charge in [0.2, 0.25) is 18.1 Å². The predicted molar refractivity (Wildman–Crippen MR) is 244 cm³/mol. The van der Waals surface area contributed by atoms with Crippen molar-refractivity contribution in [3.63, 3.8) is 0 Å². The summed E-state index contributed by atoms with van der Waals surface area (Å²) in [6.07, 6.45) is 5.32. The van der Waals surface area contributed by atoms with Gasteiger partial charge in [0.15, 0.2) is 34.5 Å². The second-order valence-electron chi connectivity index (χ2n) is 18.2. The molecule has 0 saturated carbocycles. The van der Waals surface area contributed by atoms with Gasteiger partial charge < -0.3 is 60.0 Å². The molecule has 0 aromatic heterocycles. The van der Waals surface area contributed by atoms with E-state index in [1.807, 2.05) is 0 Å². The van der Waals surface area contributed by atoms with Crippen LogP contribution in [-0.2, 0) is 46.3 Å². The number of rotatable bonds is 12. The van der Waals surface area contributed by atoms with Crippen molar-refractivity contribution in [1.82, 2.24) is 9.80 Å². The van der Waals surface area contributed by atoms with Crippen LogP contribution in [0.1, 0.15) is 84.8 Å². The molecule has 9 rings (SSSR count). The van der Waals surface area contributed by atoms with Crippen LogP contribution in [0.2, 0.25) is 0 Å². The zero-order valence-electron chi connectivity index (χ0n) is 38.4. The third-order valence-electron chi connectivity index (χ3n) is 13.8. The topological polar surface area (TPSA) is 281 Å². The van der Waals surface area contributed by atoms with Crippen molar-refractivity contribution in [3.8, 4) is 40.2 Å². The molecule has 0 aliphatic carbocycles. The molecule has 5 aliphatic rings. The number of amides is 1. The Kier molecular flexibility index (Phi) is 16.2. The summed E-state index contributed by atoms with van der Waals surface area (Å²) in [5.41, 5.74) is 1.00. The molecule has 4 fully saturated rings.